The average molecular weight is 272 g/mol. The first-order chi connectivity index (χ1) is 9.52. The highest BCUT2D eigenvalue weighted by Crippen LogP contribution is 2.24. The van der Waals surface area contributed by atoms with E-state index in [0.717, 1.165) is 30.5 Å². The van der Waals surface area contributed by atoms with Gasteiger partial charge in [-0.1, -0.05) is 25.5 Å². The van der Waals surface area contributed by atoms with Gasteiger partial charge in [0.2, 0.25) is 0 Å². The van der Waals surface area contributed by atoms with Crippen LogP contribution in [0.25, 0.3) is 11.3 Å². The fourth-order valence-corrected chi connectivity index (χ4v) is 2.11. The van der Waals surface area contributed by atoms with Crippen molar-refractivity contribution in [3.8, 4) is 11.3 Å². The third kappa shape index (κ3) is 2.90. The van der Waals surface area contributed by atoms with Crippen LogP contribution >= 0.6 is 0 Å². The van der Waals surface area contributed by atoms with Crippen LogP contribution in [0.5, 0.6) is 0 Å². The van der Waals surface area contributed by atoms with E-state index in [1.54, 1.807) is 10.9 Å². The first-order valence-electron chi connectivity index (χ1n) is 6.91. The Kier molecular flexibility index (Phi) is 4.23. The molecule has 0 aliphatic rings. The van der Waals surface area contributed by atoms with Crippen molar-refractivity contribution < 1.29 is 9.90 Å². The van der Waals surface area contributed by atoms with Crippen LogP contribution in [0.4, 0.5) is 0 Å². The first-order valence-corrected chi connectivity index (χ1v) is 6.91. The monoisotopic (exact) mass is 272 g/mol. The number of aromatic nitrogens is 2. The largest absolute Gasteiger partial charge is 0.478 e. The quantitative estimate of drug-likeness (QED) is 0.903. The van der Waals surface area contributed by atoms with E-state index in [1.807, 2.05) is 32.0 Å². The van der Waals surface area contributed by atoms with Gasteiger partial charge in [-0.05, 0) is 37.5 Å². The molecule has 1 N–H and O–H groups in total. The molecule has 0 saturated carbocycles. The molecule has 0 bridgehead atoms. The van der Waals surface area contributed by atoms with Crippen molar-refractivity contribution in [1.82, 2.24) is 9.78 Å². The molecule has 0 fully saturated rings. The second-order valence-corrected chi connectivity index (χ2v) is 5.11. The van der Waals surface area contributed by atoms with Crippen LogP contribution in [-0.4, -0.2) is 20.9 Å². The van der Waals surface area contributed by atoms with Gasteiger partial charge in [0.25, 0.3) is 0 Å². The highest BCUT2D eigenvalue weighted by molar-refractivity contribution is 5.94. The summed E-state index contributed by atoms with van der Waals surface area (Å²) in [7, 11) is 0. The third-order valence-corrected chi connectivity index (χ3v) is 3.51. The zero-order valence-corrected chi connectivity index (χ0v) is 12.2. The van der Waals surface area contributed by atoms with Gasteiger partial charge in [-0.2, -0.15) is 5.10 Å². The average Bonchev–Trinajstić information content (AvgIpc) is 2.84. The molecule has 0 atom stereocenters. The van der Waals surface area contributed by atoms with E-state index in [-0.39, 0.29) is 5.56 Å². The molecular weight excluding hydrogens is 252 g/mol. The van der Waals surface area contributed by atoms with E-state index in [9.17, 15) is 9.90 Å². The standard InChI is InChI=1S/C16H20N2O2/c1-4-5-8-18-10-14(16(19)20)15(17-18)13-7-6-11(2)12(3)9-13/h6-7,9-10H,4-5,8H2,1-3H3,(H,19,20). The van der Waals surface area contributed by atoms with E-state index in [2.05, 4.69) is 12.0 Å². The van der Waals surface area contributed by atoms with Crippen molar-refractivity contribution in [3.63, 3.8) is 0 Å². The minimum absolute atomic E-state index is 0.268. The smallest absolute Gasteiger partial charge is 0.339 e. The van der Waals surface area contributed by atoms with Gasteiger partial charge in [0.15, 0.2) is 0 Å². The minimum atomic E-state index is -0.930. The summed E-state index contributed by atoms with van der Waals surface area (Å²) in [6, 6.07) is 5.93. The van der Waals surface area contributed by atoms with Crippen LogP contribution in [0.1, 0.15) is 41.3 Å². The second kappa shape index (κ2) is 5.90. The Hall–Kier alpha value is -2.10. The number of carboxylic acid groups (broad SMARTS) is 1. The maximum Gasteiger partial charge on any atom is 0.339 e. The number of unbranched alkanes of at least 4 members (excludes halogenated alkanes) is 1. The Morgan fingerprint density at radius 3 is 2.65 bits per heavy atom. The van der Waals surface area contributed by atoms with Gasteiger partial charge >= 0.3 is 5.97 Å². The molecule has 2 rings (SSSR count). The summed E-state index contributed by atoms with van der Waals surface area (Å²) in [5.74, 6) is -0.930. The summed E-state index contributed by atoms with van der Waals surface area (Å²) in [6.07, 6.45) is 3.68. The number of aryl methyl sites for hydroxylation is 3. The Bertz CT molecular complexity index is 629. The number of carbonyl (C=O) groups is 1. The number of hydrogen-bond donors (Lipinski definition) is 1. The zero-order chi connectivity index (χ0) is 14.7. The zero-order valence-electron chi connectivity index (χ0n) is 12.2. The van der Waals surface area contributed by atoms with Gasteiger partial charge < -0.3 is 5.11 Å². The predicted molar refractivity (Wildman–Crippen MR) is 79.0 cm³/mol. The maximum atomic E-state index is 11.4. The van der Waals surface area contributed by atoms with Gasteiger partial charge in [-0.25, -0.2) is 4.79 Å². The minimum Gasteiger partial charge on any atom is -0.478 e. The molecule has 106 valence electrons. The molecule has 1 heterocycles. The van der Waals surface area contributed by atoms with Crippen LogP contribution in [-0.2, 0) is 6.54 Å². The van der Waals surface area contributed by atoms with Crippen LogP contribution in [0, 0.1) is 13.8 Å². The topological polar surface area (TPSA) is 55.1 Å². The molecule has 1 aromatic carbocycles. The number of carboxylic acids is 1. The van der Waals surface area contributed by atoms with Crippen molar-refractivity contribution in [2.24, 2.45) is 0 Å². The lowest BCUT2D eigenvalue weighted by Crippen LogP contribution is -1.98. The Morgan fingerprint density at radius 2 is 2.05 bits per heavy atom. The molecule has 0 aliphatic heterocycles. The summed E-state index contributed by atoms with van der Waals surface area (Å²) in [5, 5.41) is 13.8. The molecule has 0 aliphatic carbocycles. The van der Waals surface area contributed by atoms with Gasteiger partial charge in [0.05, 0.1) is 0 Å². The van der Waals surface area contributed by atoms with Gasteiger partial charge in [-0.15, -0.1) is 0 Å². The Morgan fingerprint density at radius 1 is 1.30 bits per heavy atom. The predicted octanol–water partition coefficient (Wildman–Crippen LogP) is 3.67. The van der Waals surface area contributed by atoms with E-state index >= 15 is 0 Å². The van der Waals surface area contributed by atoms with E-state index in [0.29, 0.717) is 5.69 Å². The number of nitrogens with zero attached hydrogens (tertiary/aromatic N) is 2. The second-order valence-electron chi connectivity index (χ2n) is 5.11. The van der Waals surface area contributed by atoms with Crippen molar-refractivity contribution in [1.29, 1.82) is 0 Å². The summed E-state index contributed by atoms with van der Waals surface area (Å²) in [6.45, 7) is 6.91. The normalized spacial score (nSPS) is 10.8. The molecule has 0 unspecified atom stereocenters. The molecule has 0 saturated heterocycles. The number of aromatic carboxylic acids is 1. The molecule has 0 spiro atoms. The Labute approximate surface area is 119 Å². The number of rotatable bonds is 5. The van der Waals surface area contributed by atoms with Gasteiger partial charge in [0, 0.05) is 18.3 Å². The summed E-state index contributed by atoms with van der Waals surface area (Å²) < 4.78 is 1.73. The molecule has 4 nitrogen and oxygen atoms in total. The summed E-state index contributed by atoms with van der Waals surface area (Å²) in [4.78, 5) is 11.4. The lowest BCUT2D eigenvalue weighted by Gasteiger charge is -2.04. The first kappa shape index (κ1) is 14.3. The van der Waals surface area contributed by atoms with E-state index in [4.69, 9.17) is 0 Å². The highest BCUT2D eigenvalue weighted by Gasteiger charge is 2.17. The number of hydrogen-bond acceptors (Lipinski definition) is 2. The lowest BCUT2D eigenvalue weighted by molar-refractivity contribution is 0.0697. The molecule has 0 radical (unpaired) electrons. The molecule has 20 heavy (non-hydrogen) atoms. The van der Waals surface area contributed by atoms with E-state index in [1.165, 1.54) is 5.56 Å². The SMILES string of the molecule is CCCCn1cc(C(=O)O)c(-c2ccc(C)c(C)c2)n1. The molecule has 1 aromatic heterocycles. The van der Waals surface area contributed by atoms with Crippen LogP contribution < -0.4 is 0 Å². The fraction of sp³-hybridized carbons (Fsp3) is 0.375. The van der Waals surface area contributed by atoms with Crippen molar-refractivity contribution in [3.05, 3.63) is 41.1 Å². The van der Waals surface area contributed by atoms with Gasteiger partial charge in [0.1, 0.15) is 11.3 Å². The van der Waals surface area contributed by atoms with Crippen LogP contribution in [0.3, 0.4) is 0 Å². The molecule has 0 amide bonds. The van der Waals surface area contributed by atoms with Crippen molar-refractivity contribution >= 4 is 5.97 Å². The Balaban J connectivity index is 2.45. The lowest BCUT2D eigenvalue weighted by atomic mass is 10.0. The van der Waals surface area contributed by atoms with E-state index < -0.39 is 5.97 Å². The maximum absolute atomic E-state index is 11.4. The fourth-order valence-electron chi connectivity index (χ4n) is 2.11. The molecule has 2 aromatic rings. The summed E-state index contributed by atoms with van der Waals surface area (Å²) in [5.41, 5.74) is 4.01. The highest BCUT2D eigenvalue weighted by atomic mass is 16.4. The van der Waals surface area contributed by atoms with Crippen LogP contribution in [0.2, 0.25) is 0 Å². The number of benzene rings is 1. The summed E-state index contributed by atoms with van der Waals surface area (Å²) >= 11 is 0. The van der Waals surface area contributed by atoms with Crippen LogP contribution in [0.15, 0.2) is 24.4 Å². The third-order valence-electron chi connectivity index (χ3n) is 3.51. The molecular formula is C16H20N2O2. The molecule has 4 heteroatoms. The van der Waals surface area contributed by atoms with Gasteiger partial charge in [-0.3, -0.25) is 4.68 Å². The van der Waals surface area contributed by atoms with Crippen molar-refractivity contribution in [2.45, 2.75) is 40.2 Å². The van der Waals surface area contributed by atoms with Crippen molar-refractivity contribution in [2.75, 3.05) is 0 Å².